The lowest BCUT2D eigenvalue weighted by molar-refractivity contribution is -0.0501. The molecule has 0 spiro atoms. The number of hydrogen-bond donors (Lipinski definition) is 1. The van der Waals surface area contributed by atoms with Crippen LogP contribution in [0.4, 0.5) is 19.0 Å². The van der Waals surface area contributed by atoms with Crippen molar-refractivity contribution in [2.24, 2.45) is 0 Å². The van der Waals surface area contributed by atoms with Gasteiger partial charge in [0.25, 0.3) is 5.88 Å². The molecule has 0 saturated carbocycles. The minimum absolute atomic E-state index is 0.0546. The fourth-order valence-electron chi connectivity index (χ4n) is 2.64. The van der Waals surface area contributed by atoms with Crippen molar-refractivity contribution in [3.05, 3.63) is 35.5 Å². The fraction of sp³-hybridized carbons (Fsp3) is 0.235. The quantitative estimate of drug-likeness (QED) is 0.335. The number of hydrogen-bond acceptors (Lipinski definition) is 9. The van der Waals surface area contributed by atoms with E-state index in [9.17, 15) is 26.9 Å². The van der Waals surface area contributed by atoms with Crippen molar-refractivity contribution in [2.45, 2.75) is 12.4 Å². The third-order valence-corrected chi connectivity index (χ3v) is 4.99. The number of anilines is 1. The maximum Gasteiger partial charge on any atom is 0.534 e. The first kappa shape index (κ1) is 22.1. The summed E-state index contributed by atoms with van der Waals surface area (Å²) in [7, 11) is -4.54. The molecular formula is C17H14F3N5O5S. The third-order valence-electron chi connectivity index (χ3n) is 4.03. The van der Waals surface area contributed by atoms with Gasteiger partial charge in [0.15, 0.2) is 12.4 Å². The van der Waals surface area contributed by atoms with Crippen LogP contribution in [0.5, 0.6) is 11.6 Å². The molecule has 0 saturated heterocycles. The number of fused-ring (bicyclic) bond motifs is 1. The summed E-state index contributed by atoms with van der Waals surface area (Å²) < 4.78 is 76.1. The molecule has 2 N–H and O–H groups in total. The Morgan fingerprint density at radius 3 is 2.65 bits per heavy atom. The molecular weight excluding hydrogens is 443 g/mol. The lowest BCUT2D eigenvalue weighted by atomic mass is 10.2. The third kappa shape index (κ3) is 4.05. The van der Waals surface area contributed by atoms with Crippen molar-refractivity contribution < 1.29 is 35.2 Å². The first-order chi connectivity index (χ1) is 14.5. The van der Waals surface area contributed by atoms with Crippen molar-refractivity contribution in [1.29, 1.82) is 5.26 Å². The van der Waals surface area contributed by atoms with Crippen LogP contribution in [0.2, 0.25) is 0 Å². The molecule has 1 aromatic carbocycles. The molecule has 0 atom stereocenters. The Balaban J connectivity index is 2.23. The summed E-state index contributed by atoms with van der Waals surface area (Å²) in [5.74, 6) is -0.694. The van der Waals surface area contributed by atoms with Crippen LogP contribution >= 0.6 is 0 Å². The van der Waals surface area contributed by atoms with Gasteiger partial charge >= 0.3 is 15.6 Å². The van der Waals surface area contributed by atoms with Crippen LogP contribution in [0.3, 0.4) is 0 Å². The van der Waals surface area contributed by atoms with E-state index in [4.69, 9.17) is 15.2 Å². The van der Waals surface area contributed by atoms with Crippen LogP contribution in [-0.4, -0.2) is 42.4 Å². The van der Waals surface area contributed by atoms with Crippen molar-refractivity contribution >= 4 is 27.1 Å². The van der Waals surface area contributed by atoms with Gasteiger partial charge in [-0.25, -0.2) is 4.98 Å². The average molecular weight is 457 g/mol. The van der Waals surface area contributed by atoms with Crippen LogP contribution in [0.25, 0.3) is 16.9 Å². The van der Waals surface area contributed by atoms with E-state index in [2.05, 4.69) is 14.2 Å². The Bertz CT molecular complexity index is 1300. The Kier molecular flexibility index (Phi) is 5.66. The van der Waals surface area contributed by atoms with Gasteiger partial charge < -0.3 is 19.4 Å². The number of rotatable bonds is 6. The Morgan fingerprint density at radius 2 is 2.03 bits per heavy atom. The fourth-order valence-corrected chi connectivity index (χ4v) is 3.04. The molecule has 164 valence electrons. The molecule has 3 aromatic rings. The molecule has 3 rings (SSSR count). The number of ether oxygens (including phenoxy) is 2. The topological polar surface area (TPSA) is 142 Å². The predicted molar refractivity (Wildman–Crippen MR) is 101 cm³/mol. The maximum atomic E-state index is 12.6. The van der Waals surface area contributed by atoms with Crippen LogP contribution < -0.4 is 14.7 Å². The number of nitrogen functional groups attached to an aromatic ring is 1. The number of nitriles is 1. The molecule has 0 aliphatic heterocycles. The van der Waals surface area contributed by atoms with Crippen molar-refractivity contribution in [3.8, 4) is 23.4 Å². The number of nitrogens with two attached hydrogens (primary N) is 1. The van der Waals surface area contributed by atoms with Gasteiger partial charge in [-0.15, -0.1) is 0 Å². The molecule has 0 radical (unpaired) electrons. The Morgan fingerprint density at radius 1 is 1.32 bits per heavy atom. The standard InChI is InChI=1S/C17H14F3N5O5S/c1-9-3-4-10(29-8-28-2)5-12(9)25-15(22)11(6-21)14-16(25)24-13(7-23-14)30-31(26,27)17(18,19)20/h3-5,7H,8,22H2,1-2H3. The molecule has 31 heavy (non-hydrogen) atoms. The summed E-state index contributed by atoms with van der Waals surface area (Å²) in [6.45, 7) is 1.65. The lowest BCUT2D eigenvalue weighted by Crippen LogP contribution is -2.28. The van der Waals surface area contributed by atoms with E-state index in [0.29, 0.717) is 23.2 Å². The van der Waals surface area contributed by atoms with Gasteiger partial charge in [-0.1, -0.05) is 6.07 Å². The lowest BCUT2D eigenvalue weighted by Gasteiger charge is -2.13. The van der Waals surface area contributed by atoms with Gasteiger partial charge in [-0.2, -0.15) is 31.8 Å². The van der Waals surface area contributed by atoms with Gasteiger partial charge in [-0.05, 0) is 18.6 Å². The molecule has 2 heterocycles. The summed E-state index contributed by atoms with van der Waals surface area (Å²) in [6, 6.07) is 6.69. The van der Waals surface area contributed by atoms with E-state index < -0.39 is 21.5 Å². The summed E-state index contributed by atoms with van der Waals surface area (Å²) in [4.78, 5) is 7.65. The normalized spacial score (nSPS) is 12.0. The van der Waals surface area contributed by atoms with Gasteiger partial charge in [0.05, 0.1) is 11.9 Å². The molecule has 14 heteroatoms. The van der Waals surface area contributed by atoms with E-state index in [-0.39, 0.29) is 29.3 Å². The first-order valence-corrected chi connectivity index (χ1v) is 9.71. The summed E-state index contributed by atoms with van der Waals surface area (Å²) in [5.41, 5.74) is 1.07. The number of nitrogens with zero attached hydrogens (tertiary/aromatic N) is 4. The van der Waals surface area contributed by atoms with Gasteiger partial charge in [-0.3, -0.25) is 4.57 Å². The van der Waals surface area contributed by atoms with E-state index in [1.54, 1.807) is 19.1 Å². The minimum atomic E-state index is -5.97. The Labute approximate surface area is 173 Å². The SMILES string of the molecule is COCOc1ccc(C)c(-n2c(N)c(C#N)c3ncc(OS(=O)(=O)C(F)(F)F)nc32)c1. The van der Waals surface area contributed by atoms with E-state index in [0.717, 1.165) is 0 Å². The number of halogens is 3. The highest BCUT2D eigenvalue weighted by Crippen LogP contribution is 2.33. The second-order valence-corrected chi connectivity index (χ2v) is 7.61. The second kappa shape index (κ2) is 7.93. The molecule has 0 bridgehead atoms. The number of alkyl halides is 3. The zero-order valence-corrected chi connectivity index (χ0v) is 16.8. The zero-order chi connectivity index (χ0) is 23.0. The summed E-state index contributed by atoms with van der Waals surface area (Å²) >= 11 is 0. The number of aromatic nitrogens is 3. The number of aryl methyl sites for hydroxylation is 1. The number of methoxy groups -OCH3 is 1. The van der Waals surface area contributed by atoms with Crippen molar-refractivity contribution in [1.82, 2.24) is 14.5 Å². The summed E-state index contributed by atoms with van der Waals surface area (Å²) in [6.07, 6.45) is 0.654. The van der Waals surface area contributed by atoms with Crippen LogP contribution in [0, 0.1) is 18.3 Å². The largest absolute Gasteiger partial charge is 0.534 e. The summed E-state index contributed by atoms with van der Waals surface area (Å²) in [5, 5.41) is 9.45. The van der Waals surface area contributed by atoms with Crippen molar-refractivity contribution in [2.75, 3.05) is 19.6 Å². The highest BCUT2D eigenvalue weighted by Gasteiger charge is 2.49. The maximum absolute atomic E-state index is 12.6. The second-order valence-electron chi connectivity index (χ2n) is 6.07. The van der Waals surface area contributed by atoms with E-state index in [1.807, 2.05) is 6.07 Å². The highest BCUT2D eigenvalue weighted by molar-refractivity contribution is 7.87. The molecule has 0 aliphatic carbocycles. The number of benzene rings is 1. The van der Waals surface area contributed by atoms with Gasteiger partial charge in [0.1, 0.15) is 28.7 Å². The molecule has 2 aromatic heterocycles. The highest BCUT2D eigenvalue weighted by atomic mass is 32.2. The predicted octanol–water partition coefficient (Wildman–Crippen LogP) is 2.39. The molecule has 0 aliphatic rings. The molecule has 0 unspecified atom stereocenters. The molecule has 10 nitrogen and oxygen atoms in total. The average Bonchev–Trinajstić information content (AvgIpc) is 2.96. The Hall–Kier alpha value is -3.57. The first-order valence-electron chi connectivity index (χ1n) is 8.30. The van der Waals surface area contributed by atoms with Crippen LogP contribution in [-0.2, 0) is 14.9 Å². The monoisotopic (exact) mass is 457 g/mol. The van der Waals surface area contributed by atoms with Crippen LogP contribution in [0.15, 0.2) is 24.4 Å². The van der Waals surface area contributed by atoms with E-state index in [1.165, 1.54) is 17.7 Å². The smallest absolute Gasteiger partial charge is 0.467 e. The van der Waals surface area contributed by atoms with Crippen molar-refractivity contribution in [3.63, 3.8) is 0 Å². The molecule has 0 fully saturated rings. The molecule has 0 amide bonds. The minimum Gasteiger partial charge on any atom is -0.467 e. The van der Waals surface area contributed by atoms with E-state index >= 15 is 0 Å². The van der Waals surface area contributed by atoms with Crippen LogP contribution in [0.1, 0.15) is 11.1 Å². The zero-order valence-electron chi connectivity index (χ0n) is 16.0. The van der Waals surface area contributed by atoms with Gasteiger partial charge in [0, 0.05) is 13.2 Å². The van der Waals surface area contributed by atoms with Gasteiger partial charge in [0.2, 0.25) is 0 Å².